The third kappa shape index (κ3) is 3.30. The van der Waals surface area contributed by atoms with Gasteiger partial charge in [0, 0.05) is 28.4 Å². The zero-order chi connectivity index (χ0) is 12.4. The van der Waals surface area contributed by atoms with E-state index in [9.17, 15) is 0 Å². The molecule has 3 atom stereocenters. The van der Waals surface area contributed by atoms with Crippen LogP contribution in [0.25, 0.3) is 0 Å². The highest BCUT2D eigenvalue weighted by Crippen LogP contribution is 2.27. The molecule has 0 bridgehead atoms. The van der Waals surface area contributed by atoms with E-state index in [0.717, 1.165) is 19.4 Å². The van der Waals surface area contributed by atoms with Gasteiger partial charge in [0.25, 0.3) is 0 Å². The smallest absolute Gasteiger partial charge is 0.0561 e. The summed E-state index contributed by atoms with van der Waals surface area (Å²) in [6, 6.07) is 3.38. The summed E-state index contributed by atoms with van der Waals surface area (Å²) in [6.45, 7) is 9.74. The van der Waals surface area contributed by atoms with E-state index in [1.54, 1.807) is 0 Å². The molecule has 96 valence electrons. The van der Waals surface area contributed by atoms with Gasteiger partial charge in [-0.05, 0) is 52.2 Å². The third-order valence-corrected chi connectivity index (χ3v) is 4.50. The largest absolute Gasteiger partial charge is 0.378 e. The summed E-state index contributed by atoms with van der Waals surface area (Å²) < 4.78 is 5.59. The predicted octanol–water partition coefficient (Wildman–Crippen LogP) is 3.58. The maximum absolute atomic E-state index is 5.59. The van der Waals surface area contributed by atoms with Crippen LogP contribution in [0, 0.1) is 13.8 Å². The highest BCUT2D eigenvalue weighted by Gasteiger charge is 2.22. The fraction of sp³-hybridized carbons (Fsp3) is 0.714. The molecular formula is C14H23NOS. The standard InChI is InChI=1S/C14H23NOS/c1-9-7-13(5-6-16-9)15-11(3)14-8-10(2)17-12(14)4/h8-9,11,13,15H,5-7H2,1-4H3. The van der Waals surface area contributed by atoms with Gasteiger partial charge in [0.05, 0.1) is 6.10 Å². The fourth-order valence-electron chi connectivity index (χ4n) is 2.67. The molecule has 3 unspecified atom stereocenters. The lowest BCUT2D eigenvalue weighted by Crippen LogP contribution is -2.39. The van der Waals surface area contributed by atoms with E-state index in [4.69, 9.17) is 4.74 Å². The van der Waals surface area contributed by atoms with Crippen molar-refractivity contribution in [3.63, 3.8) is 0 Å². The molecule has 1 aliphatic heterocycles. The molecule has 1 aromatic heterocycles. The number of nitrogens with one attached hydrogen (secondary N) is 1. The van der Waals surface area contributed by atoms with Gasteiger partial charge in [-0.15, -0.1) is 11.3 Å². The average Bonchev–Trinajstić information content (AvgIpc) is 2.58. The van der Waals surface area contributed by atoms with Gasteiger partial charge in [0.1, 0.15) is 0 Å². The first-order valence-corrected chi connectivity index (χ1v) is 7.32. The molecule has 0 spiro atoms. The number of aryl methyl sites for hydroxylation is 2. The minimum Gasteiger partial charge on any atom is -0.378 e. The van der Waals surface area contributed by atoms with Gasteiger partial charge in [-0.25, -0.2) is 0 Å². The molecule has 1 N–H and O–H groups in total. The Hall–Kier alpha value is -0.380. The van der Waals surface area contributed by atoms with Crippen LogP contribution >= 0.6 is 11.3 Å². The summed E-state index contributed by atoms with van der Waals surface area (Å²) in [6.07, 6.45) is 2.67. The molecule has 2 heterocycles. The van der Waals surface area contributed by atoms with Crippen LogP contribution in [-0.2, 0) is 4.74 Å². The van der Waals surface area contributed by atoms with Gasteiger partial charge in [-0.1, -0.05) is 0 Å². The summed E-state index contributed by atoms with van der Waals surface area (Å²) in [7, 11) is 0. The zero-order valence-electron chi connectivity index (χ0n) is 11.2. The van der Waals surface area contributed by atoms with Crippen molar-refractivity contribution in [1.29, 1.82) is 0 Å². The Bertz CT molecular complexity index is 374. The molecule has 1 fully saturated rings. The van der Waals surface area contributed by atoms with Crippen LogP contribution < -0.4 is 5.32 Å². The highest BCUT2D eigenvalue weighted by atomic mass is 32.1. The number of thiophene rings is 1. The average molecular weight is 253 g/mol. The van der Waals surface area contributed by atoms with E-state index in [1.807, 2.05) is 11.3 Å². The van der Waals surface area contributed by atoms with Gasteiger partial charge in [0.15, 0.2) is 0 Å². The van der Waals surface area contributed by atoms with Crippen molar-refractivity contribution in [2.24, 2.45) is 0 Å². The summed E-state index contributed by atoms with van der Waals surface area (Å²) >= 11 is 1.90. The van der Waals surface area contributed by atoms with Crippen molar-refractivity contribution in [3.8, 4) is 0 Å². The monoisotopic (exact) mass is 253 g/mol. The number of ether oxygens (including phenoxy) is 1. The van der Waals surface area contributed by atoms with Gasteiger partial charge in [-0.2, -0.15) is 0 Å². The van der Waals surface area contributed by atoms with Crippen molar-refractivity contribution in [3.05, 3.63) is 21.4 Å². The minimum atomic E-state index is 0.402. The highest BCUT2D eigenvalue weighted by molar-refractivity contribution is 7.12. The Morgan fingerprint density at radius 2 is 2.24 bits per heavy atom. The molecule has 3 heteroatoms. The molecule has 2 nitrogen and oxygen atoms in total. The minimum absolute atomic E-state index is 0.402. The zero-order valence-corrected chi connectivity index (χ0v) is 12.1. The van der Waals surface area contributed by atoms with Gasteiger partial charge in [-0.3, -0.25) is 0 Å². The van der Waals surface area contributed by atoms with E-state index in [0.29, 0.717) is 18.2 Å². The van der Waals surface area contributed by atoms with Gasteiger partial charge >= 0.3 is 0 Å². The maximum Gasteiger partial charge on any atom is 0.0561 e. The van der Waals surface area contributed by atoms with Crippen LogP contribution in [-0.4, -0.2) is 18.8 Å². The Morgan fingerprint density at radius 1 is 1.47 bits per heavy atom. The molecule has 0 saturated carbocycles. The predicted molar refractivity (Wildman–Crippen MR) is 73.8 cm³/mol. The van der Waals surface area contributed by atoms with Crippen LogP contribution in [0.4, 0.5) is 0 Å². The maximum atomic E-state index is 5.59. The van der Waals surface area contributed by atoms with E-state index in [1.165, 1.54) is 15.3 Å². The fourth-order valence-corrected chi connectivity index (χ4v) is 3.70. The van der Waals surface area contributed by atoms with Crippen molar-refractivity contribution in [1.82, 2.24) is 5.32 Å². The SMILES string of the molecule is Cc1cc(C(C)NC2CCOC(C)C2)c(C)s1. The van der Waals surface area contributed by atoms with Crippen LogP contribution in [0.2, 0.25) is 0 Å². The first kappa shape index (κ1) is 13.1. The Kier molecular flexibility index (Phi) is 4.23. The third-order valence-electron chi connectivity index (χ3n) is 3.52. The number of hydrogen-bond acceptors (Lipinski definition) is 3. The first-order chi connectivity index (χ1) is 8.06. The van der Waals surface area contributed by atoms with Gasteiger partial charge in [0.2, 0.25) is 0 Å². The second-order valence-electron chi connectivity index (χ2n) is 5.16. The van der Waals surface area contributed by atoms with Crippen molar-refractivity contribution >= 4 is 11.3 Å². The lowest BCUT2D eigenvalue weighted by Gasteiger charge is -2.30. The molecule has 2 rings (SSSR count). The van der Waals surface area contributed by atoms with Crippen molar-refractivity contribution in [2.45, 2.75) is 58.7 Å². The topological polar surface area (TPSA) is 21.3 Å². The summed E-state index contributed by atoms with van der Waals surface area (Å²) in [4.78, 5) is 2.86. The molecule has 0 aromatic carbocycles. The Labute approximate surface area is 108 Å². The van der Waals surface area contributed by atoms with Crippen LogP contribution in [0.1, 0.15) is 48.0 Å². The number of rotatable bonds is 3. The lowest BCUT2D eigenvalue weighted by molar-refractivity contribution is 0.0116. The second-order valence-corrected chi connectivity index (χ2v) is 6.62. The lowest BCUT2D eigenvalue weighted by atomic mass is 10.0. The summed E-state index contributed by atoms with van der Waals surface area (Å²) in [5.41, 5.74) is 1.46. The molecule has 1 aliphatic rings. The summed E-state index contributed by atoms with van der Waals surface area (Å²) in [5, 5.41) is 3.75. The second kappa shape index (κ2) is 5.51. The Morgan fingerprint density at radius 3 is 2.82 bits per heavy atom. The normalized spacial score (nSPS) is 27.1. The quantitative estimate of drug-likeness (QED) is 0.889. The van der Waals surface area contributed by atoms with Crippen LogP contribution in [0.3, 0.4) is 0 Å². The van der Waals surface area contributed by atoms with E-state index in [2.05, 4.69) is 39.1 Å². The molecule has 1 aromatic rings. The van der Waals surface area contributed by atoms with E-state index < -0.39 is 0 Å². The van der Waals surface area contributed by atoms with Crippen LogP contribution in [0.5, 0.6) is 0 Å². The molecule has 17 heavy (non-hydrogen) atoms. The molecule has 0 amide bonds. The first-order valence-electron chi connectivity index (χ1n) is 6.51. The van der Waals surface area contributed by atoms with E-state index >= 15 is 0 Å². The van der Waals surface area contributed by atoms with Crippen molar-refractivity contribution < 1.29 is 4.74 Å². The Balaban J connectivity index is 1.96. The van der Waals surface area contributed by atoms with Crippen LogP contribution in [0.15, 0.2) is 6.07 Å². The molecule has 0 aliphatic carbocycles. The van der Waals surface area contributed by atoms with Crippen molar-refractivity contribution in [2.75, 3.05) is 6.61 Å². The van der Waals surface area contributed by atoms with E-state index in [-0.39, 0.29) is 0 Å². The molecule has 1 saturated heterocycles. The molecule has 0 radical (unpaired) electrons. The van der Waals surface area contributed by atoms with Gasteiger partial charge < -0.3 is 10.1 Å². The summed E-state index contributed by atoms with van der Waals surface area (Å²) in [5.74, 6) is 0. The molecular weight excluding hydrogens is 230 g/mol. The number of hydrogen-bond donors (Lipinski definition) is 1.